The molecule has 0 atom stereocenters. The molecule has 0 saturated carbocycles. The average molecular weight is 303 g/mol. The van der Waals surface area contributed by atoms with Gasteiger partial charge in [-0.2, -0.15) is 0 Å². The lowest BCUT2D eigenvalue weighted by atomic mass is 10.2. The van der Waals surface area contributed by atoms with Crippen LogP contribution >= 0.6 is 11.8 Å². The minimum absolute atomic E-state index is 0.116. The fourth-order valence-electron chi connectivity index (χ4n) is 1.89. The molecule has 0 spiro atoms. The summed E-state index contributed by atoms with van der Waals surface area (Å²) in [4.78, 5) is 10.0. The number of hydrogen-bond acceptors (Lipinski definition) is 5. The van der Waals surface area contributed by atoms with Crippen molar-refractivity contribution in [3.8, 4) is 5.75 Å². The summed E-state index contributed by atoms with van der Waals surface area (Å²) in [5.74, 6) is 0.771. The zero-order chi connectivity index (χ0) is 15.6. The first-order valence-electron chi connectivity index (χ1n) is 6.92. The first-order valence-corrected chi connectivity index (χ1v) is 7.73. The highest BCUT2D eigenvalue weighted by Crippen LogP contribution is 2.31. The van der Waals surface area contributed by atoms with Crippen molar-refractivity contribution < 1.29 is 4.74 Å². The van der Waals surface area contributed by atoms with Crippen LogP contribution in [0.15, 0.2) is 28.3 Å². The maximum absolute atomic E-state index is 5.94. The van der Waals surface area contributed by atoms with Crippen LogP contribution in [0.3, 0.4) is 0 Å². The molecule has 0 amide bonds. The molecule has 1 aromatic carbocycles. The molecule has 1 heterocycles. The molecule has 0 radical (unpaired) electrons. The lowest BCUT2D eigenvalue weighted by molar-refractivity contribution is 0.242. The molecule has 0 bridgehead atoms. The quantitative estimate of drug-likeness (QED) is 0.685. The predicted octanol–water partition coefficient (Wildman–Crippen LogP) is 3.92. The standard InChI is InChI=1S/C16H21N3OS/c1-9(2)20-14-6-13(17)7-15(8-14)21-16-18-11(4)10(3)12(5)19-16/h6-9H,17H2,1-5H3. The Hall–Kier alpha value is -1.75. The number of nitrogen functional groups attached to an aromatic ring is 1. The van der Waals surface area contributed by atoms with E-state index in [-0.39, 0.29) is 6.10 Å². The Morgan fingerprint density at radius 3 is 2.24 bits per heavy atom. The van der Waals surface area contributed by atoms with Crippen LogP contribution in [0.5, 0.6) is 5.75 Å². The van der Waals surface area contributed by atoms with Gasteiger partial charge in [0.15, 0.2) is 5.16 Å². The number of ether oxygens (including phenoxy) is 1. The number of anilines is 1. The summed E-state index contributed by atoms with van der Waals surface area (Å²) in [5.41, 5.74) is 9.76. The van der Waals surface area contributed by atoms with Gasteiger partial charge in [-0.05, 0) is 64.1 Å². The lowest BCUT2D eigenvalue weighted by Gasteiger charge is -2.12. The monoisotopic (exact) mass is 303 g/mol. The van der Waals surface area contributed by atoms with Crippen LogP contribution in [-0.4, -0.2) is 16.1 Å². The van der Waals surface area contributed by atoms with Crippen molar-refractivity contribution in [1.82, 2.24) is 9.97 Å². The molecular formula is C16H21N3OS. The molecule has 21 heavy (non-hydrogen) atoms. The molecular weight excluding hydrogens is 282 g/mol. The maximum atomic E-state index is 5.94. The van der Waals surface area contributed by atoms with Crippen LogP contribution in [0.25, 0.3) is 0 Å². The van der Waals surface area contributed by atoms with Gasteiger partial charge in [0.2, 0.25) is 0 Å². The average Bonchev–Trinajstić information content (AvgIpc) is 2.34. The van der Waals surface area contributed by atoms with Gasteiger partial charge in [-0.25, -0.2) is 9.97 Å². The molecule has 0 fully saturated rings. The van der Waals surface area contributed by atoms with Crippen molar-refractivity contribution in [1.29, 1.82) is 0 Å². The zero-order valence-corrected chi connectivity index (χ0v) is 13.9. The molecule has 2 aromatic rings. The van der Waals surface area contributed by atoms with E-state index in [2.05, 4.69) is 9.97 Å². The van der Waals surface area contributed by atoms with Crippen LogP contribution in [-0.2, 0) is 0 Å². The molecule has 5 heteroatoms. The van der Waals surface area contributed by atoms with Gasteiger partial charge in [0.05, 0.1) is 6.10 Å². The van der Waals surface area contributed by atoms with E-state index in [1.165, 1.54) is 11.8 Å². The van der Waals surface area contributed by atoms with Crippen molar-refractivity contribution in [3.05, 3.63) is 35.2 Å². The molecule has 2 N–H and O–H groups in total. The largest absolute Gasteiger partial charge is 0.491 e. The van der Waals surface area contributed by atoms with Crippen molar-refractivity contribution in [2.45, 2.75) is 50.8 Å². The second kappa shape index (κ2) is 6.35. The summed E-state index contributed by atoms with van der Waals surface area (Å²) in [6, 6.07) is 5.71. The van der Waals surface area contributed by atoms with Crippen LogP contribution in [0.1, 0.15) is 30.8 Å². The molecule has 1 aromatic heterocycles. The topological polar surface area (TPSA) is 61.0 Å². The minimum Gasteiger partial charge on any atom is -0.491 e. The Kier molecular flexibility index (Phi) is 4.73. The van der Waals surface area contributed by atoms with Gasteiger partial charge >= 0.3 is 0 Å². The summed E-state index contributed by atoms with van der Waals surface area (Å²) in [6.45, 7) is 10.0. The third-order valence-electron chi connectivity index (χ3n) is 3.10. The third-order valence-corrected chi connectivity index (χ3v) is 3.93. The van der Waals surface area contributed by atoms with Gasteiger partial charge in [0, 0.05) is 28.0 Å². The molecule has 0 aliphatic carbocycles. The first-order chi connectivity index (χ1) is 9.85. The van der Waals surface area contributed by atoms with E-state index in [1.54, 1.807) is 0 Å². The van der Waals surface area contributed by atoms with E-state index in [4.69, 9.17) is 10.5 Å². The van der Waals surface area contributed by atoms with Crippen molar-refractivity contribution >= 4 is 17.4 Å². The fraction of sp³-hybridized carbons (Fsp3) is 0.375. The Balaban J connectivity index is 2.29. The van der Waals surface area contributed by atoms with Gasteiger partial charge < -0.3 is 10.5 Å². The third kappa shape index (κ3) is 4.11. The van der Waals surface area contributed by atoms with Crippen LogP contribution < -0.4 is 10.5 Å². The molecule has 2 rings (SSSR count). The summed E-state index contributed by atoms with van der Waals surface area (Å²) in [5, 5.41) is 0.733. The predicted molar refractivity (Wildman–Crippen MR) is 87.0 cm³/mol. The van der Waals surface area contributed by atoms with Crippen molar-refractivity contribution in [2.24, 2.45) is 0 Å². The summed E-state index contributed by atoms with van der Waals surface area (Å²) in [7, 11) is 0. The SMILES string of the molecule is Cc1nc(Sc2cc(N)cc(OC(C)C)c2)nc(C)c1C. The molecule has 4 nitrogen and oxygen atoms in total. The van der Waals surface area contributed by atoms with Gasteiger partial charge in [0.25, 0.3) is 0 Å². The Labute approximate surface area is 130 Å². The Morgan fingerprint density at radius 2 is 1.67 bits per heavy atom. The molecule has 0 aliphatic heterocycles. The highest BCUT2D eigenvalue weighted by molar-refractivity contribution is 7.99. The van der Waals surface area contributed by atoms with Crippen molar-refractivity contribution in [2.75, 3.05) is 5.73 Å². The normalized spacial score (nSPS) is 11.0. The number of aromatic nitrogens is 2. The smallest absolute Gasteiger partial charge is 0.192 e. The van der Waals surface area contributed by atoms with E-state index < -0.39 is 0 Å². The maximum Gasteiger partial charge on any atom is 0.192 e. The highest BCUT2D eigenvalue weighted by Gasteiger charge is 2.08. The fourth-order valence-corrected chi connectivity index (χ4v) is 2.83. The summed E-state index contributed by atoms with van der Waals surface area (Å²) < 4.78 is 5.71. The first kappa shape index (κ1) is 15.6. The van der Waals surface area contributed by atoms with E-state index in [0.29, 0.717) is 5.69 Å². The molecule has 0 aliphatic rings. The number of nitrogens with two attached hydrogens (primary N) is 1. The van der Waals surface area contributed by atoms with Gasteiger partial charge in [0.1, 0.15) is 5.75 Å². The van der Waals surface area contributed by atoms with E-state index in [9.17, 15) is 0 Å². The number of hydrogen-bond donors (Lipinski definition) is 1. The van der Waals surface area contributed by atoms with E-state index >= 15 is 0 Å². The molecule has 112 valence electrons. The minimum atomic E-state index is 0.116. The summed E-state index contributed by atoms with van der Waals surface area (Å²) >= 11 is 1.50. The van der Waals surface area contributed by atoms with E-state index in [0.717, 1.165) is 32.8 Å². The number of aryl methyl sites for hydroxylation is 2. The lowest BCUT2D eigenvalue weighted by Crippen LogP contribution is -2.06. The van der Waals surface area contributed by atoms with Crippen molar-refractivity contribution in [3.63, 3.8) is 0 Å². The van der Waals surface area contributed by atoms with Gasteiger partial charge in [-0.1, -0.05) is 0 Å². The molecule has 0 unspecified atom stereocenters. The van der Waals surface area contributed by atoms with Gasteiger partial charge in [-0.3, -0.25) is 0 Å². The second-order valence-corrected chi connectivity index (χ2v) is 6.35. The van der Waals surface area contributed by atoms with Crippen LogP contribution in [0.4, 0.5) is 5.69 Å². The molecule has 0 saturated heterocycles. The van der Waals surface area contributed by atoms with E-state index in [1.807, 2.05) is 52.8 Å². The van der Waals surface area contributed by atoms with Crippen LogP contribution in [0.2, 0.25) is 0 Å². The number of nitrogens with zero attached hydrogens (tertiary/aromatic N) is 2. The Bertz CT molecular complexity index is 633. The van der Waals surface area contributed by atoms with Gasteiger partial charge in [-0.15, -0.1) is 0 Å². The van der Waals surface area contributed by atoms with Crippen LogP contribution in [0, 0.1) is 20.8 Å². The second-order valence-electron chi connectivity index (χ2n) is 5.31. The number of benzene rings is 1. The highest BCUT2D eigenvalue weighted by atomic mass is 32.2. The number of rotatable bonds is 4. The zero-order valence-electron chi connectivity index (χ0n) is 13.1. The summed E-state index contributed by atoms with van der Waals surface area (Å²) in [6.07, 6.45) is 0.116. The Morgan fingerprint density at radius 1 is 1.05 bits per heavy atom.